The zero-order valence-corrected chi connectivity index (χ0v) is 11.9. The Kier molecular flexibility index (Phi) is 2.68. The summed E-state index contributed by atoms with van der Waals surface area (Å²) in [6, 6.07) is 5.94. The molecule has 1 saturated heterocycles. The zero-order valence-electron chi connectivity index (χ0n) is 10.4. The fourth-order valence-electron chi connectivity index (χ4n) is 2.87. The van der Waals surface area contributed by atoms with E-state index in [1.54, 1.807) is 0 Å². The van der Waals surface area contributed by atoms with Crippen LogP contribution in [0, 0.1) is 0 Å². The maximum Gasteiger partial charge on any atom is 0.184 e. The lowest BCUT2D eigenvalue weighted by molar-refractivity contribution is -0.0658. The maximum atomic E-state index is 6.16. The Morgan fingerprint density at radius 1 is 1.61 bits per heavy atom. The second kappa shape index (κ2) is 4.00. The van der Waals surface area contributed by atoms with Gasteiger partial charge in [-0.1, -0.05) is 11.6 Å². The van der Waals surface area contributed by atoms with Crippen LogP contribution in [0.3, 0.4) is 0 Å². The van der Waals surface area contributed by atoms with Gasteiger partial charge in [-0.25, -0.2) is 0 Å². The van der Waals surface area contributed by atoms with E-state index in [-0.39, 0.29) is 11.8 Å². The summed E-state index contributed by atoms with van der Waals surface area (Å²) < 4.78 is 6.16. The van der Waals surface area contributed by atoms with Crippen LogP contribution >= 0.6 is 23.8 Å². The fraction of sp³-hybridized carbons (Fsp3) is 0.462. The molecule has 2 bridgehead atoms. The number of halogens is 1. The molecule has 0 radical (unpaired) electrons. The SMILES string of the molecule is CCN1C(=S)NC2CC1(C)Oc1ccc(Cl)cc12. The summed E-state index contributed by atoms with van der Waals surface area (Å²) in [6.07, 6.45) is 0.869. The van der Waals surface area contributed by atoms with E-state index in [1.165, 1.54) is 0 Å². The average Bonchev–Trinajstić information content (AvgIpc) is 2.30. The van der Waals surface area contributed by atoms with Gasteiger partial charge in [-0.2, -0.15) is 0 Å². The molecule has 18 heavy (non-hydrogen) atoms. The Morgan fingerprint density at radius 3 is 3.11 bits per heavy atom. The van der Waals surface area contributed by atoms with Crippen LogP contribution in [-0.2, 0) is 0 Å². The second-order valence-electron chi connectivity index (χ2n) is 4.91. The van der Waals surface area contributed by atoms with Crippen LogP contribution in [0.2, 0.25) is 5.02 Å². The third-order valence-corrected chi connectivity index (χ3v) is 4.26. The molecule has 5 heteroatoms. The summed E-state index contributed by atoms with van der Waals surface area (Å²) in [5.74, 6) is 0.895. The molecule has 0 amide bonds. The first-order chi connectivity index (χ1) is 8.53. The number of ether oxygens (including phenoxy) is 1. The van der Waals surface area contributed by atoms with Crippen molar-refractivity contribution < 1.29 is 4.74 Å². The normalized spacial score (nSPS) is 29.4. The smallest absolute Gasteiger partial charge is 0.184 e. The molecule has 2 aliphatic heterocycles. The number of fused-ring (bicyclic) bond motifs is 4. The molecule has 3 nitrogen and oxygen atoms in total. The van der Waals surface area contributed by atoms with Gasteiger partial charge in [-0.05, 0) is 44.3 Å². The number of hydrogen-bond donors (Lipinski definition) is 1. The van der Waals surface area contributed by atoms with Gasteiger partial charge >= 0.3 is 0 Å². The van der Waals surface area contributed by atoms with Crippen molar-refractivity contribution in [2.24, 2.45) is 0 Å². The van der Waals surface area contributed by atoms with Crippen molar-refractivity contribution in [3.8, 4) is 5.75 Å². The predicted octanol–water partition coefficient (Wildman–Crippen LogP) is 3.09. The summed E-state index contributed by atoms with van der Waals surface area (Å²) in [7, 11) is 0. The topological polar surface area (TPSA) is 24.5 Å². The first kappa shape index (κ1) is 12.1. The van der Waals surface area contributed by atoms with E-state index < -0.39 is 0 Å². The number of thiocarbonyl (C=S) groups is 1. The van der Waals surface area contributed by atoms with Gasteiger partial charge in [0.05, 0.1) is 6.04 Å². The second-order valence-corrected chi connectivity index (χ2v) is 5.73. The van der Waals surface area contributed by atoms with Gasteiger partial charge in [-0.3, -0.25) is 0 Å². The Bertz CT molecular complexity index is 522. The van der Waals surface area contributed by atoms with E-state index in [4.69, 9.17) is 28.6 Å². The molecule has 0 saturated carbocycles. The van der Waals surface area contributed by atoms with Crippen LogP contribution in [0.1, 0.15) is 31.9 Å². The standard InChI is InChI=1S/C13H15ClN2OS/c1-3-16-12(18)15-10-7-13(16,2)17-11-5-4-8(14)6-9(10)11/h4-6,10H,3,7H2,1-2H3,(H,15,18). The highest BCUT2D eigenvalue weighted by Gasteiger charge is 2.46. The maximum absolute atomic E-state index is 6.16. The monoisotopic (exact) mass is 282 g/mol. The van der Waals surface area contributed by atoms with Crippen molar-refractivity contribution in [2.75, 3.05) is 6.54 Å². The molecule has 2 atom stereocenters. The number of hydrogen-bond acceptors (Lipinski definition) is 2. The Morgan fingerprint density at radius 2 is 2.39 bits per heavy atom. The molecule has 1 aromatic rings. The van der Waals surface area contributed by atoms with Gasteiger partial charge in [0, 0.05) is 23.6 Å². The lowest BCUT2D eigenvalue weighted by atomic mass is 9.91. The van der Waals surface area contributed by atoms with E-state index >= 15 is 0 Å². The molecule has 96 valence electrons. The average molecular weight is 283 g/mol. The predicted molar refractivity (Wildman–Crippen MR) is 76.0 cm³/mol. The van der Waals surface area contributed by atoms with E-state index in [1.807, 2.05) is 18.2 Å². The van der Waals surface area contributed by atoms with Crippen molar-refractivity contribution in [3.05, 3.63) is 28.8 Å². The largest absolute Gasteiger partial charge is 0.468 e. The molecule has 0 aromatic heterocycles. The van der Waals surface area contributed by atoms with Crippen molar-refractivity contribution in [1.82, 2.24) is 10.2 Å². The minimum Gasteiger partial charge on any atom is -0.468 e. The van der Waals surface area contributed by atoms with Gasteiger partial charge in [-0.15, -0.1) is 0 Å². The summed E-state index contributed by atoms with van der Waals surface area (Å²) in [6.45, 7) is 5.01. The summed E-state index contributed by atoms with van der Waals surface area (Å²) in [5.41, 5.74) is 0.737. The highest BCUT2D eigenvalue weighted by Crippen LogP contribution is 2.44. The number of rotatable bonds is 1. The molecule has 0 spiro atoms. The molecule has 1 aromatic carbocycles. The molecule has 1 N–H and O–H groups in total. The van der Waals surface area contributed by atoms with Gasteiger partial charge in [0.1, 0.15) is 5.75 Å². The van der Waals surface area contributed by atoms with Crippen LogP contribution < -0.4 is 10.1 Å². The van der Waals surface area contributed by atoms with Crippen molar-refractivity contribution in [3.63, 3.8) is 0 Å². The van der Waals surface area contributed by atoms with Gasteiger partial charge in [0.15, 0.2) is 10.8 Å². The minimum atomic E-state index is -0.359. The molecule has 0 aliphatic carbocycles. The van der Waals surface area contributed by atoms with Gasteiger partial charge < -0.3 is 15.0 Å². The first-order valence-electron chi connectivity index (χ1n) is 6.10. The zero-order chi connectivity index (χ0) is 12.9. The lowest BCUT2D eigenvalue weighted by Gasteiger charge is -2.52. The van der Waals surface area contributed by atoms with Crippen LogP contribution in [0.5, 0.6) is 5.75 Å². The molecule has 2 aliphatic rings. The number of benzene rings is 1. The first-order valence-corrected chi connectivity index (χ1v) is 6.89. The molecule has 1 fully saturated rings. The van der Waals surface area contributed by atoms with E-state index in [0.29, 0.717) is 0 Å². The Balaban J connectivity index is 2.08. The molecular formula is C13H15ClN2OS. The van der Waals surface area contributed by atoms with Crippen LogP contribution in [0.4, 0.5) is 0 Å². The molecular weight excluding hydrogens is 268 g/mol. The van der Waals surface area contributed by atoms with Crippen molar-refractivity contribution in [1.29, 1.82) is 0 Å². The van der Waals surface area contributed by atoms with Crippen molar-refractivity contribution >= 4 is 28.9 Å². The fourth-order valence-corrected chi connectivity index (χ4v) is 3.51. The summed E-state index contributed by atoms with van der Waals surface area (Å²) in [4.78, 5) is 2.09. The van der Waals surface area contributed by atoms with Crippen molar-refractivity contribution in [2.45, 2.75) is 32.0 Å². The van der Waals surface area contributed by atoms with Gasteiger partial charge in [0.25, 0.3) is 0 Å². The highest BCUT2D eigenvalue weighted by molar-refractivity contribution is 7.80. The van der Waals surface area contributed by atoms with E-state index in [9.17, 15) is 0 Å². The highest BCUT2D eigenvalue weighted by atomic mass is 35.5. The van der Waals surface area contributed by atoms with Crippen LogP contribution in [0.25, 0.3) is 0 Å². The number of nitrogens with zero attached hydrogens (tertiary/aromatic N) is 1. The minimum absolute atomic E-state index is 0.188. The summed E-state index contributed by atoms with van der Waals surface area (Å²) in [5, 5.41) is 4.86. The third kappa shape index (κ3) is 1.67. The van der Waals surface area contributed by atoms with Crippen LogP contribution in [-0.4, -0.2) is 22.3 Å². The quantitative estimate of drug-likeness (QED) is 0.800. The number of nitrogens with one attached hydrogen (secondary N) is 1. The van der Waals surface area contributed by atoms with Crippen LogP contribution in [0.15, 0.2) is 18.2 Å². The van der Waals surface area contributed by atoms with E-state index in [0.717, 1.165) is 34.4 Å². The molecule has 2 heterocycles. The summed E-state index contributed by atoms with van der Waals surface area (Å²) >= 11 is 11.5. The van der Waals surface area contributed by atoms with E-state index in [2.05, 4.69) is 24.1 Å². The van der Waals surface area contributed by atoms with Gasteiger partial charge in [0.2, 0.25) is 0 Å². The Hall–Kier alpha value is -1.00. The molecule has 3 rings (SSSR count). The lowest BCUT2D eigenvalue weighted by Crippen LogP contribution is -2.64. The molecule has 2 unspecified atom stereocenters. The Labute approximate surface area is 117 Å². The third-order valence-electron chi connectivity index (χ3n) is 3.69.